The normalized spacial score (nSPS) is 11.6. The molecule has 42 heavy (non-hydrogen) atoms. The van der Waals surface area contributed by atoms with Crippen molar-refractivity contribution in [1.29, 1.82) is 0 Å². The second-order valence-corrected chi connectivity index (χ2v) is 10.8. The van der Waals surface area contributed by atoms with Crippen molar-refractivity contribution in [3.63, 3.8) is 0 Å². The fourth-order valence-corrected chi connectivity index (χ4v) is 6.04. The molecule has 6 rings (SSSR count). The molecule has 0 saturated heterocycles. The summed E-state index contributed by atoms with van der Waals surface area (Å²) in [5.41, 5.74) is 9.90. The summed E-state index contributed by atoms with van der Waals surface area (Å²) in [7, 11) is 3.53. The lowest BCUT2D eigenvalue weighted by Gasteiger charge is -2.13. The third kappa shape index (κ3) is 4.47. The van der Waals surface area contributed by atoms with E-state index in [1.54, 1.807) is 60.0 Å². The number of hydrogen-bond acceptors (Lipinski definition) is 7. The molecule has 0 atom stereocenters. The Hall–Kier alpha value is -5.04. The number of nitrogens with zero attached hydrogens (tertiary/aromatic N) is 6. The van der Waals surface area contributed by atoms with Crippen molar-refractivity contribution < 1.29 is 18.4 Å². The van der Waals surface area contributed by atoms with E-state index in [0.717, 1.165) is 22.6 Å². The summed E-state index contributed by atoms with van der Waals surface area (Å²) in [6, 6.07) is 10.1. The van der Waals surface area contributed by atoms with Gasteiger partial charge in [-0.2, -0.15) is 10.2 Å². The largest absolute Gasteiger partial charge is 0.365 e. The number of halogens is 2. The molecule has 2 amide bonds. The van der Waals surface area contributed by atoms with Gasteiger partial charge >= 0.3 is 0 Å². The van der Waals surface area contributed by atoms with E-state index >= 15 is 0 Å². The van der Waals surface area contributed by atoms with Crippen molar-refractivity contribution in [2.24, 2.45) is 19.8 Å². The molecule has 0 saturated carbocycles. The molecule has 5 heterocycles. The first kappa shape index (κ1) is 27.1. The van der Waals surface area contributed by atoms with Gasteiger partial charge in [0.1, 0.15) is 15.4 Å². The second kappa shape index (κ2) is 10.1. The number of fused-ring (bicyclic) bond motifs is 2. The molecule has 10 nitrogen and oxygen atoms in total. The molecule has 5 aromatic heterocycles. The smallest absolute Gasteiger partial charge is 0.280 e. The van der Waals surface area contributed by atoms with E-state index in [-0.39, 0.29) is 15.4 Å². The van der Waals surface area contributed by atoms with Gasteiger partial charge in [-0.15, -0.1) is 11.3 Å². The second-order valence-electron chi connectivity index (χ2n) is 9.84. The quantitative estimate of drug-likeness (QED) is 0.263. The maximum atomic E-state index is 14.0. The molecule has 0 fully saturated rings. The number of carbonyl (C=O) groups excluding carboxylic acids is 2. The molecule has 13 heteroatoms. The minimum Gasteiger partial charge on any atom is -0.365 e. The summed E-state index contributed by atoms with van der Waals surface area (Å²) in [6.45, 7) is 3.65. The molecule has 0 aliphatic heterocycles. The molecule has 0 aliphatic rings. The molecule has 3 N–H and O–H groups in total. The van der Waals surface area contributed by atoms with Crippen LogP contribution in [0.3, 0.4) is 0 Å². The van der Waals surface area contributed by atoms with E-state index in [0.29, 0.717) is 44.4 Å². The number of benzene rings is 1. The lowest BCUT2D eigenvalue weighted by Crippen LogP contribution is -2.17. The third-order valence-electron chi connectivity index (χ3n) is 7.14. The minimum absolute atomic E-state index is 0.0123. The van der Waals surface area contributed by atoms with Crippen LogP contribution in [0.15, 0.2) is 48.8 Å². The van der Waals surface area contributed by atoms with Gasteiger partial charge in [0.05, 0.1) is 34.4 Å². The van der Waals surface area contributed by atoms with Crippen LogP contribution >= 0.6 is 11.3 Å². The van der Waals surface area contributed by atoms with Crippen molar-refractivity contribution in [2.75, 3.05) is 5.32 Å². The molecule has 0 spiro atoms. The van der Waals surface area contributed by atoms with Gasteiger partial charge in [-0.3, -0.25) is 19.0 Å². The predicted octanol–water partition coefficient (Wildman–Crippen LogP) is 5.55. The van der Waals surface area contributed by atoms with Gasteiger partial charge in [0.2, 0.25) is 0 Å². The Bertz CT molecular complexity index is 2060. The van der Waals surface area contributed by atoms with Crippen molar-refractivity contribution in [3.8, 4) is 22.4 Å². The maximum absolute atomic E-state index is 14.0. The van der Waals surface area contributed by atoms with Crippen LogP contribution in [0.1, 0.15) is 43.5 Å². The number of amides is 2. The summed E-state index contributed by atoms with van der Waals surface area (Å²) in [6.07, 6.45) is 0.506. The molecular weight excluding hydrogens is 562 g/mol. The Balaban J connectivity index is 1.57. The molecule has 0 unspecified atom stereocenters. The lowest BCUT2D eigenvalue weighted by molar-refractivity contribution is 0.100. The van der Waals surface area contributed by atoms with Gasteiger partial charge in [0, 0.05) is 47.9 Å². The zero-order valence-electron chi connectivity index (χ0n) is 22.9. The van der Waals surface area contributed by atoms with Crippen LogP contribution < -0.4 is 11.1 Å². The first-order chi connectivity index (χ1) is 20.0. The van der Waals surface area contributed by atoms with Gasteiger partial charge in [-0.1, -0.05) is 18.2 Å². The van der Waals surface area contributed by atoms with Crippen molar-refractivity contribution >= 4 is 50.0 Å². The fourth-order valence-electron chi connectivity index (χ4n) is 5.03. The summed E-state index contributed by atoms with van der Waals surface area (Å²) in [5.74, 6) is -1.36. The number of alkyl halides is 2. The number of rotatable bonds is 6. The van der Waals surface area contributed by atoms with Crippen LogP contribution in [-0.2, 0) is 14.1 Å². The van der Waals surface area contributed by atoms with Gasteiger partial charge in [0.15, 0.2) is 0 Å². The third-order valence-corrected chi connectivity index (χ3v) is 8.24. The van der Waals surface area contributed by atoms with Crippen LogP contribution in [0.4, 0.5) is 14.5 Å². The Morgan fingerprint density at radius 2 is 1.81 bits per heavy atom. The Morgan fingerprint density at radius 3 is 2.45 bits per heavy atom. The lowest BCUT2D eigenvalue weighted by atomic mass is 10.0. The zero-order valence-corrected chi connectivity index (χ0v) is 23.8. The Kier molecular flexibility index (Phi) is 6.53. The molecule has 0 bridgehead atoms. The van der Waals surface area contributed by atoms with Crippen LogP contribution in [-0.4, -0.2) is 41.3 Å². The van der Waals surface area contributed by atoms with Crippen LogP contribution in [0, 0.1) is 13.8 Å². The molecule has 6 aromatic rings. The van der Waals surface area contributed by atoms with Crippen molar-refractivity contribution in [1.82, 2.24) is 29.5 Å². The highest BCUT2D eigenvalue weighted by molar-refractivity contribution is 7.21. The Morgan fingerprint density at radius 1 is 1.05 bits per heavy atom. The van der Waals surface area contributed by atoms with Crippen molar-refractivity contribution in [3.05, 3.63) is 76.3 Å². The van der Waals surface area contributed by atoms with E-state index in [9.17, 15) is 18.4 Å². The first-order valence-electron chi connectivity index (χ1n) is 12.8. The van der Waals surface area contributed by atoms with E-state index in [1.807, 2.05) is 20.0 Å². The fraction of sp³-hybridized carbons (Fsp3) is 0.172. The van der Waals surface area contributed by atoms with Gasteiger partial charge < -0.3 is 11.1 Å². The Labute approximate surface area is 241 Å². The number of aryl methyl sites for hydroxylation is 3. The average molecular weight is 587 g/mol. The highest BCUT2D eigenvalue weighted by atomic mass is 32.1. The van der Waals surface area contributed by atoms with Gasteiger partial charge in [0.25, 0.3) is 18.2 Å². The van der Waals surface area contributed by atoms with Crippen LogP contribution in [0.25, 0.3) is 43.5 Å². The van der Waals surface area contributed by atoms with E-state index in [4.69, 9.17) is 10.7 Å². The highest BCUT2D eigenvalue weighted by Gasteiger charge is 2.27. The van der Waals surface area contributed by atoms with E-state index in [1.165, 1.54) is 6.07 Å². The SMILES string of the molecule is Cc1nn(C)cc1-c1cc(C(F)F)nc2sc(C(N)=O)c(NC(=O)c3cc(-c4cnn(C)c4C)nc4ccccc34)c12. The molecule has 1 aromatic carbocycles. The predicted molar refractivity (Wildman–Crippen MR) is 157 cm³/mol. The minimum atomic E-state index is -2.86. The zero-order chi connectivity index (χ0) is 29.9. The first-order valence-corrected chi connectivity index (χ1v) is 13.6. The maximum Gasteiger partial charge on any atom is 0.280 e. The molecular formula is C29H24F2N8O2S. The van der Waals surface area contributed by atoms with Crippen LogP contribution in [0.5, 0.6) is 0 Å². The molecule has 0 radical (unpaired) electrons. The average Bonchev–Trinajstić information content (AvgIpc) is 3.61. The summed E-state index contributed by atoms with van der Waals surface area (Å²) in [5, 5.41) is 12.4. The topological polar surface area (TPSA) is 134 Å². The van der Waals surface area contributed by atoms with E-state index in [2.05, 4.69) is 20.5 Å². The monoisotopic (exact) mass is 586 g/mol. The summed E-state index contributed by atoms with van der Waals surface area (Å²) < 4.78 is 31.1. The van der Waals surface area contributed by atoms with Gasteiger partial charge in [-0.05, 0) is 37.6 Å². The summed E-state index contributed by atoms with van der Waals surface area (Å²) in [4.78, 5) is 35.7. The number of primary amides is 1. The number of para-hydroxylation sites is 1. The number of aromatic nitrogens is 6. The molecule has 212 valence electrons. The number of anilines is 1. The van der Waals surface area contributed by atoms with Gasteiger partial charge in [-0.25, -0.2) is 18.7 Å². The number of thiophene rings is 1. The summed E-state index contributed by atoms with van der Waals surface area (Å²) >= 11 is 0.846. The number of nitrogens with two attached hydrogens (primary N) is 1. The number of pyridine rings is 2. The number of hydrogen-bond donors (Lipinski definition) is 2. The van der Waals surface area contributed by atoms with Crippen LogP contribution in [0.2, 0.25) is 0 Å². The highest BCUT2D eigenvalue weighted by Crippen LogP contribution is 2.43. The number of carbonyl (C=O) groups is 2. The molecule has 0 aliphatic carbocycles. The standard InChI is InChI=1S/C29H24F2N8O2S/c1-13-19(12-38(3)37-13)16-9-22(26(30)31)35-29-23(16)24(25(42-29)27(32)40)36-28(41)17-10-21(18-11-33-39(4)14(18)2)34-20-8-6-5-7-15(17)20/h5-12,26H,1-4H3,(H2,32,40)(H,36,41). The van der Waals surface area contributed by atoms with E-state index < -0.39 is 23.9 Å². The number of nitrogens with one attached hydrogen (secondary N) is 1. The van der Waals surface area contributed by atoms with Crippen molar-refractivity contribution in [2.45, 2.75) is 20.3 Å².